The predicted octanol–water partition coefficient (Wildman–Crippen LogP) is 2.41. The molecule has 0 aromatic carbocycles. The number of ether oxygens (including phenoxy) is 1. The van der Waals surface area contributed by atoms with Crippen LogP contribution in [-0.2, 0) is 22.8 Å². The number of nitrogens with zero attached hydrogens (tertiary/aromatic N) is 4. The van der Waals surface area contributed by atoms with Crippen molar-refractivity contribution in [2.75, 3.05) is 11.9 Å². The van der Waals surface area contributed by atoms with E-state index in [0.29, 0.717) is 12.2 Å². The van der Waals surface area contributed by atoms with Gasteiger partial charge < -0.3 is 10.1 Å². The predicted molar refractivity (Wildman–Crippen MR) is 77.4 cm³/mol. The van der Waals surface area contributed by atoms with E-state index in [1.54, 1.807) is 17.1 Å². The van der Waals surface area contributed by atoms with Crippen molar-refractivity contribution < 1.29 is 22.7 Å². The van der Waals surface area contributed by atoms with Gasteiger partial charge >= 0.3 is 6.18 Å². The van der Waals surface area contributed by atoms with Gasteiger partial charge in [0.05, 0.1) is 28.8 Å². The quantitative estimate of drug-likeness (QED) is 0.780. The molecule has 11 heteroatoms. The van der Waals surface area contributed by atoms with E-state index in [0.717, 1.165) is 9.15 Å². The van der Waals surface area contributed by atoms with Crippen LogP contribution in [0.4, 0.5) is 18.9 Å². The fourth-order valence-corrected chi connectivity index (χ4v) is 1.98. The van der Waals surface area contributed by atoms with Crippen LogP contribution in [0.15, 0.2) is 29.3 Å². The number of hydrogen-bond donors (Lipinski definition) is 1. The fraction of sp³-hybridized carbons (Fsp3) is 0.417. The average Bonchev–Trinajstić information content (AvgIpc) is 3.04. The Morgan fingerprint density at radius 1 is 1.26 bits per heavy atom. The zero-order valence-corrected chi connectivity index (χ0v) is 13.3. The number of hydrogen-bond acceptors (Lipinski definition) is 4. The van der Waals surface area contributed by atoms with Gasteiger partial charge in [-0.3, -0.25) is 9.48 Å². The summed E-state index contributed by atoms with van der Waals surface area (Å²) in [5.41, 5.74) is 0.382. The minimum absolute atomic E-state index is 0.198. The van der Waals surface area contributed by atoms with Gasteiger partial charge in [0.25, 0.3) is 0 Å². The first-order valence-electron chi connectivity index (χ1n) is 6.46. The lowest BCUT2D eigenvalue weighted by atomic mass is 10.4. The van der Waals surface area contributed by atoms with E-state index in [1.165, 1.54) is 12.4 Å². The molecular weight excluding hydrogens is 383 g/mol. The van der Waals surface area contributed by atoms with Crippen molar-refractivity contribution in [3.8, 4) is 0 Å². The maximum absolute atomic E-state index is 11.9. The highest BCUT2D eigenvalue weighted by Crippen LogP contribution is 2.15. The Balaban J connectivity index is 1.73. The molecule has 0 atom stereocenters. The number of alkyl halides is 3. The lowest BCUT2D eigenvalue weighted by Gasteiger charge is -2.07. The number of halogens is 4. The third kappa shape index (κ3) is 6.40. The number of aromatic nitrogens is 4. The Kier molecular flexibility index (Phi) is 5.77. The van der Waals surface area contributed by atoms with Gasteiger partial charge in [0, 0.05) is 19.2 Å². The van der Waals surface area contributed by atoms with Gasteiger partial charge in [0.1, 0.15) is 13.3 Å². The molecule has 0 unspecified atom stereocenters. The van der Waals surface area contributed by atoms with Crippen LogP contribution in [-0.4, -0.2) is 38.3 Å². The first-order valence-corrected chi connectivity index (χ1v) is 7.26. The summed E-state index contributed by atoms with van der Waals surface area (Å²) in [6.45, 7) is -1.30. The van der Waals surface area contributed by atoms with Crippen molar-refractivity contribution in [3.63, 3.8) is 0 Å². The number of carbonyl (C=O) groups excluding carboxylic acids is 1. The van der Waals surface area contributed by atoms with Crippen molar-refractivity contribution >= 4 is 27.5 Å². The molecule has 7 nitrogen and oxygen atoms in total. The highest BCUT2D eigenvalue weighted by atomic mass is 79.9. The molecule has 1 N–H and O–H groups in total. The summed E-state index contributed by atoms with van der Waals surface area (Å²) in [6, 6.07) is 0. The summed E-state index contributed by atoms with van der Waals surface area (Å²) in [7, 11) is 0. The molecule has 0 aliphatic carbocycles. The SMILES string of the molecule is O=C(CCn1cc(Br)cn1)Nc1cnn(COCC(F)(F)F)c1. The second-order valence-corrected chi connectivity index (χ2v) is 5.50. The van der Waals surface area contributed by atoms with Gasteiger partial charge in [0.15, 0.2) is 0 Å². The molecule has 0 spiro atoms. The number of anilines is 1. The van der Waals surface area contributed by atoms with Crippen LogP contribution in [0.5, 0.6) is 0 Å². The maximum Gasteiger partial charge on any atom is 0.411 e. The second-order valence-electron chi connectivity index (χ2n) is 4.58. The van der Waals surface area contributed by atoms with E-state index in [9.17, 15) is 18.0 Å². The topological polar surface area (TPSA) is 74.0 Å². The summed E-state index contributed by atoms with van der Waals surface area (Å²) in [5, 5.41) is 10.4. The standard InChI is InChI=1S/C12H13BrF3N5O2/c13-9-3-17-20(5-9)2-1-11(22)19-10-4-18-21(6-10)8-23-7-12(14,15)16/h3-6H,1-2,7-8H2,(H,19,22). The third-order valence-corrected chi connectivity index (χ3v) is 2.99. The van der Waals surface area contributed by atoms with Crippen LogP contribution in [0.25, 0.3) is 0 Å². The van der Waals surface area contributed by atoms with Gasteiger partial charge in [-0.05, 0) is 15.9 Å². The second kappa shape index (κ2) is 7.59. The number of nitrogens with one attached hydrogen (secondary N) is 1. The Labute approximate surface area is 137 Å². The van der Waals surface area contributed by atoms with Crippen molar-refractivity contribution in [1.82, 2.24) is 19.6 Å². The molecular formula is C12H13BrF3N5O2. The van der Waals surface area contributed by atoms with E-state index in [1.807, 2.05) is 0 Å². The number of aryl methyl sites for hydroxylation is 1. The molecule has 0 aliphatic rings. The maximum atomic E-state index is 11.9. The van der Waals surface area contributed by atoms with Crippen LogP contribution in [0.1, 0.15) is 6.42 Å². The molecule has 2 aromatic rings. The zero-order valence-electron chi connectivity index (χ0n) is 11.8. The lowest BCUT2D eigenvalue weighted by Crippen LogP contribution is -2.18. The molecule has 2 heterocycles. The Bertz CT molecular complexity index is 655. The number of amides is 1. The summed E-state index contributed by atoms with van der Waals surface area (Å²) in [4.78, 5) is 11.8. The fourth-order valence-electron chi connectivity index (χ4n) is 1.65. The smallest absolute Gasteiger partial charge is 0.350 e. The van der Waals surface area contributed by atoms with E-state index in [4.69, 9.17) is 0 Å². The molecule has 2 aromatic heterocycles. The molecule has 1 amide bonds. The van der Waals surface area contributed by atoms with Gasteiger partial charge in [-0.2, -0.15) is 23.4 Å². The number of carbonyl (C=O) groups is 1. The third-order valence-electron chi connectivity index (χ3n) is 2.58. The van der Waals surface area contributed by atoms with Crippen LogP contribution in [0.3, 0.4) is 0 Å². The lowest BCUT2D eigenvalue weighted by molar-refractivity contribution is -0.182. The first kappa shape index (κ1) is 17.5. The van der Waals surface area contributed by atoms with Crippen molar-refractivity contribution in [1.29, 1.82) is 0 Å². The molecule has 0 saturated carbocycles. The molecule has 2 rings (SSSR count). The summed E-state index contributed by atoms with van der Waals surface area (Å²) in [5.74, 6) is -0.257. The van der Waals surface area contributed by atoms with Crippen LogP contribution in [0.2, 0.25) is 0 Å². The van der Waals surface area contributed by atoms with E-state index < -0.39 is 12.8 Å². The Morgan fingerprint density at radius 3 is 2.65 bits per heavy atom. The molecule has 126 valence electrons. The first-order chi connectivity index (χ1) is 10.8. The molecule has 0 saturated heterocycles. The van der Waals surface area contributed by atoms with Crippen molar-refractivity contribution in [2.45, 2.75) is 25.9 Å². The molecule has 23 heavy (non-hydrogen) atoms. The van der Waals surface area contributed by atoms with Gasteiger partial charge in [-0.1, -0.05) is 0 Å². The normalized spacial score (nSPS) is 11.7. The highest BCUT2D eigenvalue weighted by molar-refractivity contribution is 9.10. The van der Waals surface area contributed by atoms with Gasteiger partial charge in [-0.15, -0.1) is 0 Å². The van der Waals surface area contributed by atoms with Gasteiger partial charge in [-0.25, -0.2) is 4.68 Å². The minimum Gasteiger partial charge on any atom is -0.350 e. The van der Waals surface area contributed by atoms with E-state index in [2.05, 4.69) is 36.2 Å². The van der Waals surface area contributed by atoms with Crippen LogP contribution < -0.4 is 5.32 Å². The van der Waals surface area contributed by atoms with E-state index in [-0.39, 0.29) is 19.1 Å². The Morgan fingerprint density at radius 2 is 2.00 bits per heavy atom. The largest absolute Gasteiger partial charge is 0.411 e. The van der Waals surface area contributed by atoms with Gasteiger partial charge in [0.2, 0.25) is 5.91 Å². The Hall–Kier alpha value is -1.88. The van der Waals surface area contributed by atoms with Crippen LogP contribution >= 0.6 is 15.9 Å². The van der Waals surface area contributed by atoms with Crippen molar-refractivity contribution in [2.24, 2.45) is 0 Å². The highest BCUT2D eigenvalue weighted by Gasteiger charge is 2.27. The molecule has 0 bridgehead atoms. The molecule has 0 aliphatic heterocycles. The molecule has 0 radical (unpaired) electrons. The van der Waals surface area contributed by atoms with E-state index >= 15 is 0 Å². The van der Waals surface area contributed by atoms with Crippen LogP contribution in [0, 0.1) is 0 Å². The number of rotatable bonds is 7. The zero-order chi connectivity index (χ0) is 16.9. The summed E-state index contributed by atoms with van der Waals surface area (Å²) in [6.07, 6.45) is 1.89. The van der Waals surface area contributed by atoms with Crippen molar-refractivity contribution in [3.05, 3.63) is 29.3 Å². The molecule has 0 fully saturated rings. The summed E-state index contributed by atoms with van der Waals surface area (Å²) >= 11 is 3.25. The average molecular weight is 396 g/mol. The summed E-state index contributed by atoms with van der Waals surface area (Å²) < 4.78 is 43.9. The minimum atomic E-state index is -4.38. The monoisotopic (exact) mass is 395 g/mol.